The zero-order chi connectivity index (χ0) is 11.3. The highest BCUT2D eigenvalue weighted by Crippen LogP contribution is 2.08. The normalized spacial score (nSPS) is 10.6. The quantitative estimate of drug-likeness (QED) is 0.531. The van der Waals surface area contributed by atoms with Crippen LogP contribution in [0.2, 0.25) is 0 Å². The molecular weight excluding hydrogens is 192 g/mol. The number of aryl methyl sites for hydroxylation is 2. The summed E-state index contributed by atoms with van der Waals surface area (Å²) >= 11 is 0. The molecule has 0 unspecified atom stereocenters. The minimum atomic E-state index is 0.148. The molecule has 0 saturated heterocycles. The minimum absolute atomic E-state index is 0.148. The lowest BCUT2D eigenvalue weighted by atomic mass is 10.1. The third kappa shape index (κ3) is 3.16. The number of hydrogen-bond donors (Lipinski definition) is 0. The van der Waals surface area contributed by atoms with Gasteiger partial charge in [-0.1, -0.05) is 0 Å². The van der Waals surface area contributed by atoms with E-state index in [1.54, 1.807) is 11.8 Å². The molecule has 4 heteroatoms. The van der Waals surface area contributed by atoms with Crippen molar-refractivity contribution < 1.29 is 9.53 Å². The molecule has 1 rings (SSSR count). The zero-order valence-corrected chi connectivity index (χ0v) is 9.62. The van der Waals surface area contributed by atoms with Gasteiger partial charge in [0, 0.05) is 26.7 Å². The number of nitrogens with zero attached hydrogens (tertiary/aromatic N) is 2. The second-order valence-electron chi connectivity index (χ2n) is 3.51. The minimum Gasteiger partial charge on any atom is -0.385 e. The monoisotopic (exact) mass is 210 g/mol. The molecule has 0 atom stereocenters. The summed E-state index contributed by atoms with van der Waals surface area (Å²) < 4.78 is 6.67. The van der Waals surface area contributed by atoms with Gasteiger partial charge in [-0.3, -0.25) is 9.48 Å². The van der Waals surface area contributed by atoms with Gasteiger partial charge in [0.1, 0.15) is 5.69 Å². The largest absolute Gasteiger partial charge is 0.385 e. The number of aromatic nitrogens is 2. The van der Waals surface area contributed by atoms with Crippen molar-refractivity contribution in [2.75, 3.05) is 13.7 Å². The molecule has 0 fully saturated rings. The highest BCUT2D eigenvalue weighted by molar-refractivity contribution is 5.94. The number of Topliss-reactive ketones (excluding diaryl/α,β-unsaturated/α-hetero) is 1. The second kappa shape index (κ2) is 5.66. The van der Waals surface area contributed by atoms with Gasteiger partial charge in [-0.2, -0.15) is 5.10 Å². The summed E-state index contributed by atoms with van der Waals surface area (Å²) in [4.78, 5) is 11.8. The van der Waals surface area contributed by atoms with E-state index in [0.717, 1.165) is 18.7 Å². The third-order valence-corrected chi connectivity index (χ3v) is 2.24. The van der Waals surface area contributed by atoms with Gasteiger partial charge in [0.25, 0.3) is 0 Å². The van der Waals surface area contributed by atoms with Crippen molar-refractivity contribution in [1.29, 1.82) is 0 Å². The molecule has 0 aliphatic heterocycles. The van der Waals surface area contributed by atoms with Gasteiger partial charge in [0.2, 0.25) is 0 Å². The topological polar surface area (TPSA) is 44.1 Å². The van der Waals surface area contributed by atoms with E-state index in [2.05, 4.69) is 5.10 Å². The average Bonchev–Trinajstić information content (AvgIpc) is 2.60. The smallest absolute Gasteiger partial charge is 0.180 e. The zero-order valence-electron chi connectivity index (χ0n) is 9.62. The van der Waals surface area contributed by atoms with Crippen LogP contribution in [0.25, 0.3) is 0 Å². The van der Waals surface area contributed by atoms with E-state index in [-0.39, 0.29) is 5.78 Å². The van der Waals surface area contributed by atoms with Crippen LogP contribution >= 0.6 is 0 Å². The first kappa shape index (κ1) is 11.9. The molecule has 1 aromatic heterocycles. The summed E-state index contributed by atoms with van der Waals surface area (Å²) in [6.45, 7) is 5.25. The molecule has 0 radical (unpaired) electrons. The van der Waals surface area contributed by atoms with Crippen LogP contribution in [-0.2, 0) is 11.3 Å². The molecule has 0 bridgehead atoms. The average molecular weight is 210 g/mol. The summed E-state index contributed by atoms with van der Waals surface area (Å²) in [5, 5.41) is 4.24. The molecule has 1 heterocycles. The Bertz CT molecular complexity index is 331. The maximum atomic E-state index is 11.8. The molecule has 0 aliphatic rings. The van der Waals surface area contributed by atoms with Crippen LogP contribution in [0.15, 0.2) is 6.07 Å². The summed E-state index contributed by atoms with van der Waals surface area (Å²) in [5.74, 6) is 0.148. The number of carbonyl (C=O) groups excluding carboxylic acids is 1. The molecule has 0 aromatic carbocycles. The lowest BCUT2D eigenvalue weighted by Gasteiger charge is -2.03. The highest BCUT2D eigenvalue weighted by Gasteiger charge is 2.12. The molecule has 0 N–H and O–H groups in total. The summed E-state index contributed by atoms with van der Waals surface area (Å²) in [5.41, 5.74) is 1.61. The molecule has 4 nitrogen and oxygen atoms in total. The second-order valence-corrected chi connectivity index (χ2v) is 3.51. The number of ketones is 1. The summed E-state index contributed by atoms with van der Waals surface area (Å²) in [6, 6.07) is 1.85. The van der Waals surface area contributed by atoms with Gasteiger partial charge in [0.05, 0.1) is 5.69 Å². The number of rotatable bonds is 6. The van der Waals surface area contributed by atoms with E-state index in [0.29, 0.717) is 18.7 Å². The first-order valence-corrected chi connectivity index (χ1v) is 5.25. The molecule has 0 amide bonds. The van der Waals surface area contributed by atoms with Crippen LogP contribution < -0.4 is 0 Å². The van der Waals surface area contributed by atoms with Crippen LogP contribution in [-0.4, -0.2) is 29.3 Å². The molecule has 0 aliphatic carbocycles. The van der Waals surface area contributed by atoms with Gasteiger partial charge in [-0.15, -0.1) is 0 Å². The van der Waals surface area contributed by atoms with Crippen molar-refractivity contribution in [1.82, 2.24) is 9.78 Å². The Morgan fingerprint density at radius 1 is 1.60 bits per heavy atom. The van der Waals surface area contributed by atoms with Gasteiger partial charge >= 0.3 is 0 Å². The van der Waals surface area contributed by atoms with E-state index in [1.807, 2.05) is 19.9 Å². The van der Waals surface area contributed by atoms with E-state index in [1.165, 1.54) is 0 Å². The Morgan fingerprint density at radius 2 is 2.33 bits per heavy atom. The van der Waals surface area contributed by atoms with Gasteiger partial charge < -0.3 is 4.74 Å². The molecule has 0 saturated carbocycles. The number of methoxy groups -OCH3 is 1. The van der Waals surface area contributed by atoms with Crippen molar-refractivity contribution >= 4 is 5.78 Å². The first-order valence-electron chi connectivity index (χ1n) is 5.25. The Balaban J connectivity index is 2.64. The van der Waals surface area contributed by atoms with Crippen molar-refractivity contribution in [3.63, 3.8) is 0 Å². The van der Waals surface area contributed by atoms with Crippen molar-refractivity contribution in [2.24, 2.45) is 0 Å². The fourth-order valence-electron chi connectivity index (χ4n) is 1.52. The molecule has 1 aromatic rings. The number of ether oxygens (including phenoxy) is 1. The van der Waals surface area contributed by atoms with Crippen LogP contribution in [0.5, 0.6) is 0 Å². The van der Waals surface area contributed by atoms with Gasteiger partial charge in [0.15, 0.2) is 5.78 Å². The fraction of sp³-hybridized carbons (Fsp3) is 0.636. The van der Waals surface area contributed by atoms with Crippen LogP contribution in [0.4, 0.5) is 0 Å². The van der Waals surface area contributed by atoms with Gasteiger partial charge in [-0.25, -0.2) is 0 Å². The van der Waals surface area contributed by atoms with Crippen molar-refractivity contribution in [3.05, 3.63) is 17.5 Å². The van der Waals surface area contributed by atoms with E-state index < -0.39 is 0 Å². The van der Waals surface area contributed by atoms with Crippen molar-refractivity contribution in [2.45, 2.75) is 33.2 Å². The van der Waals surface area contributed by atoms with Crippen LogP contribution in [0.1, 0.15) is 35.9 Å². The van der Waals surface area contributed by atoms with Gasteiger partial charge in [-0.05, 0) is 26.3 Å². The molecular formula is C11H18N2O2. The Kier molecular flexibility index (Phi) is 4.49. The Hall–Kier alpha value is -1.16. The van der Waals surface area contributed by atoms with E-state index >= 15 is 0 Å². The van der Waals surface area contributed by atoms with Crippen molar-refractivity contribution in [3.8, 4) is 0 Å². The fourth-order valence-corrected chi connectivity index (χ4v) is 1.52. The van der Waals surface area contributed by atoms with E-state index in [9.17, 15) is 4.79 Å². The van der Waals surface area contributed by atoms with Crippen LogP contribution in [0.3, 0.4) is 0 Å². The summed E-state index contributed by atoms with van der Waals surface area (Å²) in [7, 11) is 1.64. The number of carbonyl (C=O) groups is 1. The lowest BCUT2D eigenvalue weighted by Crippen LogP contribution is -2.10. The predicted octanol–water partition coefficient (Wildman–Crippen LogP) is 1.82. The standard InChI is InChI=1S/C11H18N2O2/c1-4-13-10(8-9(2)12-13)11(14)6-5-7-15-3/h8H,4-7H2,1-3H3. The Labute approximate surface area is 90.2 Å². The maximum Gasteiger partial charge on any atom is 0.180 e. The SMILES string of the molecule is CCn1nc(C)cc1C(=O)CCCOC. The predicted molar refractivity (Wildman–Crippen MR) is 58.1 cm³/mol. The maximum absolute atomic E-state index is 11.8. The first-order chi connectivity index (χ1) is 7.19. The lowest BCUT2D eigenvalue weighted by molar-refractivity contribution is 0.0953. The van der Waals surface area contributed by atoms with E-state index in [4.69, 9.17) is 4.74 Å². The molecule has 15 heavy (non-hydrogen) atoms. The molecule has 84 valence electrons. The molecule has 0 spiro atoms. The highest BCUT2D eigenvalue weighted by atomic mass is 16.5. The third-order valence-electron chi connectivity index (χ3n) is 2.24. The van der Waals surface area contributed by atoms with Crippen LogP contribution in [0, 0.1) is 6.92 Å². The Morgan fingerprint density at radius 3 is 2.93 bits per heavy atom. The summed E-state index contributed by atoms with van der Waals surface area (Å²) in [6.07, 6.45) is 1.29. The number of hydrogen-bond acceptors (Lipinski definition) is 3.